The Kier molecular flexibility index (Phi) is 6.46. The molecule has 0 saturated carbocycles. The van der Waals surface area contributed by atoms with Crippen LogP contribution in [0.2, 0.25) is 0 Å². The Balaban J connectivity index is 1.65. The van der Waals surface area contributed by atoms with Crippen molar-refractivity contribution in [1.82, 2.24) is 24.8 Å². The Hall–Kier alpha value is -4.04. The summed E-state index contributed by atoms with van der Waals surface area (Å²) in [5, 5.41) is 0.974. The third kappa shape index (κ3) is 4.91. The fourth-order valence-corrected chi connectivity index (χ4v) is 3.46. The van der Waals surface area contributed by atoms with Gasteiger partial charge in [-0.1, -0.05) is 6.08 Å². The minimum atomic E-state index is -0.107. The summed E-state index contributed by atoms with van der Waals surface area (Å²) < 4.78 is 5.26. The van der Waals surface area contributed by atoms with Crippen molar-refractivity contribution in [2.75, 3.05) is 39.7 Å². The summed E-state index contributed by atoms with van der Waals surface area (Å²) in [7, 11) is 7.25. The molecule has 4 heterocycles. The molecule has 0 fully saturated rings. The molecule has 0 spiro atoms. The molecule has 0 atom stereocenters. The van der Waals surface area contributed by atoms with Crippen molar-refractivity contribution < 1.29 is 9.53 Å². The number of hydrogen-bond acceptors (Lipinski definition) is 6. The largest absolute Gasteiger partial charge is 0.481 e. The van der Waals surface area contributed by atoms with E-state index in [1.54, 1.807) is 49.9 Å². The Labute approximate surface area is 192 Å². The number of H-pyrrole nitrogens is 1. The number of nitrogens with zero attached hydrogens (tertiary/aromatic N) is 5. The fraction of sp³-hybridized carbons (Fsp3) is 0.200. The predicted molar refractivity (Wildman–Crippen MR) is 130 cm³/mol. The number of ether oxygens (including phenoxy) is 1. The van der Waals surface area contributed by atoms with E-state index in [0.717, 1.165) is 33.3 Å². The molecule has 0 radical (unpaired) electrons. The number of hydrogen-bond donors (Lipinski definition) is 1. The molecule has 168 valence electrons. The van der Waals surface area contributed by atoms with Gasteiger partial charge in [0.05, 0.1) is 19.0 Å². The number of methoxy groups -OCH3 is 1. The van der Waals surface area contributed by atoms with E-state index >= 15 is 0 Å². The first-order valence-electron chi connectivity index (χ1n) is 10.5. The number of pyridine rings is 3. The number of amides is 1. The molecule has 33 heavy (non-hydrogen) atoms. The lowest BCUT2D eigenvalue weighted by Crippen LogP contribution is -2.24. The third-order valence-corrected chi connectivity index (χ3v) is 5.29. The van der Waals surface area contributed by atoms with Gasteiger partial charge >= 0.3 is 0 Å². The number of aromatic amines is 1. The van der Waals surface area contributed by atoms with Gasteiger partial charge in [0.1, 0.15) is 5.65 Å². The van der Waals surface area contributed by atoms with E-state index in [1.807, 2.05) is 49.5 Å². The lowest BCUT2D eigenvalue weighted by atomic mass is 10.0. The minimum absolute atomic E-state index is 0.107. The summed E-state index contributed by atoms with van der Waals surface area (Å²) >= 11 is 0. The molecule has 1 amide bonds. The highest BCUT2D eigenvalue weighted by Gasteiger charge is 2.13. The van der Waals surface area contributed by atoms with Gasteiger partial charge in [-0.25, -0.2) is 9.97 Å². The van der Waals surface area contributed by atoms with Gasteiger partial charge in [-0.2, -0.15) is 0 Å². The fourth-order valence-electron chi connectivity index (χ4n) is 3.46. The molecule has 0 aliphatic heterocycles. The second-order valence-corrected chi connectivity index (χ2v) is 7.90. The smallest absolute Gasteiger partial charge is 0.250 e. The van der Waals surface area contributed by atoms with Crippen LogP contribution in [0.5, 0.6) is 5.88 Å². The first-order chi connectivity index (χ1) is 16.0. The molecule has 4 aromatic rings. The van der Waals surface area contributed by atoms with Crippen LogP contribution in [0.15, 0.2) is 67.4 Å². The summed E-state index contributed by atoms with van der Waals surface area (Å²) in [6, 6.07) is 7.84. The van der Waals surface area contributed by atoms with Crippen LogP contribution < -0.4 is 9.64 Å². The van der Waals surface area contributed by atoms with Crippen molar-refractivity contribution in [1.29, 1.82) is 0 Å². The molecule has 8 nitrogen and oxygen atoms in total. The SMILES string of the molecule is COc1cc(-c2c[nH]c3ncc(-c4cncc(N(C)C(=O)/C=C/CN(C)C)c4)cc23)ccn1. The molecule has 0 unspecified atom stereocenters. The standard InChI is InChI=1S/C25H26N6O2/c1-30(2)9-5-6-24(32)31(3)20-10-18(13-26-15-20)19-11-21-22(16-29-25(21)28-14-19)17-7-8-27-23(12-17)33-4/h5-8,10-16H,9H2,1-4H3,(H,28,29)/b6-5+. The molecule has 0 bridgehead atoms. The van der Waals surface area contributed by atoms with Crippen molar-refractivity contribution in [3.63, 3.8) is 0 Å². The molecule has 0 aromatic carbocycles. The number of aromatic nitrogens is 4. The zero-order valence-corrected chi connectivity index (χ0v) is 19.1. The van der Waals surface area contributed by atoms with Gasteiger partial charge < -0.3 is 19.5 Å². The van der Waals surface area contributed by atoms with Gasteiger partial charge in [-0.15, -0.1) is 0 Å². The summed E-state index contributed by atoms with van der Waals surface area (Å²) in [6.45, 7) is 0.700. The lowest BCUT2D eigenvalue weighted by Gasteiger charge is -2.16. The van der Waals surface area contributed by atoms with Gasteiger partial charge in [0.15, 0.2) is 0 Å². The first kappa shape index (κ1) is 22.2. The summed E-state index contributed by atoms with van der Waals surface area (Å²) in [6.07, 6.45) is 12.3. The van der Waals surface area contributed by atoms with Crippen LogP contribution in [0.25, 0.3) is 33.3 Å². The average molecular weight is 443 g/mol. The van der Waals surface area contributed by atoms with E-state index in [0.29, 0.717) is 18.1 Å². The lowest BCUT2D eigenvalue weighted by molar-refractivity contribution is -0.113. The average Bonchev–Trinajstić information content (AvgIpc) is 3.26. The summed E-state index contributed by atoms with van der Waals surface area (Å²) in [5.74, 6) is 0.444. The van der Waals surface area contributed by atoms with Crippen molar-refractivity contribution >= 4 is 22.6 Å². The van der Waals surface area contributed by atoms with Crippen LogP contribution in [-0.2, 0) is 4.79 Å². The molecule has 4 rings (SSSR count). The van der Waals surface area contributed by atoms with Crippen LogP contribution in [0, 0.1) is 0 Å². The van der Waals surface area contributed by atoms with E-state index in [1.165, 1.54) is 0 Å². The summed E-state index contributed by atoms with van der Waals surface area (Å²) in [5.41, 5.74) is 5.25. The maximum atomic E-state index is 12.5. The third-order valence-electron chi connectivity index (χ3n) is 5.29. The summed E-state index contributed by atoms with van der Waals surface area (Å²) in [4.78, 5) is 32.5. The number of carbonyl (C=O) groups excluding carboxylic acids is 1. The van der Waals surface area contributed by atoms with Crippen molar-refractivity contribution in [2.45, 2.75) is 0 Å². The quantitative estimate of drug-likeness (QED) is 0.439. The monoisotopic (exact) mass is 442 g/mol. The van der Waals surface area contributed by atoms with E-state index in [2.05, 4.69) is 26.0 Å². The zero-order valence-electron chi connectivity index (χ0n) is 19.1. The topological polar surface area (TPSA) is 87.2 Å². The van der Waals surface area contributed by atoms with Gasteiger partial charge in [-0.05, 0) is 37.9 Å². The second-order valence-electron chi connectivity index (χ2n) is 7.90. The van der Waals surface area contributed by atoms with Gasteiger partial charge in [0.2, 0.25) is 11.8 Å². The predicted octanol–water partition coefficient (Wildman–Crippen LogP) is 3.78. The molecule has 1 N–H and O–H groups in total. The Morgan fingerprint density at radius 1 is 1.06 bits per heavy atom. The van der Waals surface area contributed by atoms with E-state index < -0.39 is 0 Å². The second kappa shape index (κ2) is 9.62. The van der Waals surface area contributed by atoms with E-state index in [9.17, 15) is 4.79 Å². The first-order valence-corrected chi connectivity index (χ1v) is 10.5. The van der Waals surface area contributed by atoms with Crippen LogP contribution in [-0.4, -0.2) is 65.5 Å². The Morgan fingerprint density at radius 3 is 2.67 bits per heavy atom. The van der Waals surface area contributed by atoms with Crippen LogP contribution in [0.4, 0.5) is 5.69 Å². The molecular formula is C25H26N6O2. The molecule has 0 aliphatic rings. The van der Waals surface area contributed by atoms with Crippen molar-refractivity contribution in [3.8, 4) is 28.1 Å². The maximum Gasteiger partial charge on any atom is 0.250 e. The number of anilines is 1. The number of rotatable bonds is 7. The van der Waals surface area contributed by atoms with Gasteiger partial charge in [0, 0.05) is 72.6 Å². The molecular weight excluding hydrogens is 416 g/mol. The van der Waals surface area contributed by atoms with Crippen LogP contribution in [0.1, 0.15) is 0 Å². The number of carbonyl (C=O) groups is 1. The molecule has 0 saturated heterocycles. The Bertz CT molecular complexity index is 1310. The zero-order chi connectivity index (χ0) is 23.4. The number of fused-ring (bicyclic) bond motifs is 1. The normalized spacial score (nSPS) is 11.4. The van der Waals surface area contributed by atoms with E-state index in [-0.39, 0.29) is 5.91 Å². The van der Waals surface area contributed by atoms with Crippen molar-refractivity contribution in [3.05, 3.63) is 67.4 Å². The highest BCUT2D eigenvalue weighted by molar-refractivity contribution is 6.01. The molecule has 0 aliphatic carbocycles. The number of likely N-dealkylation sites (N-methyl/N-ethyl adjacent to an activating group) is 2. The number of nitrogens with one attached hydrogen (secondary N) is 1. The van der Waals surface area contributed by atoms with Crippen molar-refractivity contribution in [2.24, 2.45) is 0 Å². The Morgan fingerprint density at radius 2 is 1.88 bits per heavy atom. The maximum absolute atomic E-state index is 12.5. The van der Waals surface area contributed by atoms with Gasteiger partial charge in [-0.3, -0.25) is 9.78 Å². The highest BCUT2D eigenvalue weighted by Crippen LogP contribution is 2.32. The molecule has 8 heteroatoms. The van der Waals surface area contributed by atoms with E-state index in [4.69, 9.17) is 4.74 Å². The molecule has 4 aromatic heterocycles. The van der Waals surface area contributed by atoms with Crippen LogP contribution >= 0.6 is 0 Å². The van der Waals surface area contributed by atoms with Gasteiger partial charge in [0.25, 0.3) is 0 Å². The highest BCUT2D eigenvalue weighted by atomic mass is 16.5. The van der Waals surface area contributed by atoms with Crippen LogP contribution in [0.3, 0.4) is 0 Å². The minimum Gasteiger partial charge on any atom is -0.481 e.